The van der Waals surface area contributed by atoms with E-state index in [1.807, 2.05) is 18.2 Å². The van der Waals surface area contributed by atoms with Gasteiger partial charge in [0, 0.05) is 25.8 Å². The number of amides is 3. The first-order valence-electron chi connectivity index (χ1n) is 9.47. The lowest BCUT2D eigenvalue weighted by atomic mass is 10.2. The van der Waals surface area contributed by atoms with Crippen LogP contribution in [-0.4, -0.2) is 39.9 Å². The molecule has 1 aliphatic heterocycles. The number of pyridine rings is 1. The molecule has 0 spiro atoms. The Balaban J connectivity index is 1.42. The largest absolute Gasteiger partial charge is 0.346 e. The summed E-state index contributed by atoms with van der Waals surface area (Å²) in [5, 5.41) is 3.33. The van der Waals surface area contributed by atoms with Crippen LogP contribution in [0.2, 0.25) is 0 Å². The highest BCUT2D eigenvalue weighted by Crippen LogP contribution is 2.29. The molecule has 3 aromatic rings. The van der Waals surface area contributed by atoms with E-state index in [0.29, 0.717) is 41.9 Å². The molecule has 2 aromatic heterocycles. The van der Waals surface area contributed by atoms with Gasteiger partial charge in [-0.05, 0) is 36.8 Å². The number of aryl methyl sites for hydroxylation is 1. The molecule has 0 radical (unpaired) electrons. The second-order valence-corrected chi connectivity index (χ2v) is 7.88. The molecule has 4 rings (SSSR count). The molecule has 3 heterocycles. The Hall–Kier alpha value is -3.33. The Morgan fingerprint density at radius 2 is 2.10 bits per heavy atom. The summed E-state index contributed by atoms with van der Waals surface area (Å²) in [7, 11) is 0. The van der Waals surface area contributed by atoms with Crippen molar-refractivity contribution < 1.29 is 14.0 Å². The minimum absolute atomic E-state index is 0.201. The van der Waals surface area contributed by atoms with E-state index in [4.69, 9.17) is 0 Å². The molecule has 1 aromatic carbocycles. The van der Waals surface area contributed by atoms with Crippen LogP contribution in [0.15, 0.2) is 48.7 Å². The Bertz CT molecular complexity index is 1070. The first kappa shape index (κ1) is 20.0. The maximum Gasteiger partial charge on any atom is 0.326 e. The summed E-state index contributed by atoms with van der Waals surface area (Å²) in [6, 6.07) is 11.5. The monoisotopic (exact) mass is 425 g/mol. The third-order valence-corrected chi connectivity index (χ3v) is 5.92. The SMILES string of the molecule is Cc1nc(N2CCN(Cc3cccc(F)c3)C2=O)sc1C(=O)NCc1ccccn1. The van der Waals surface area contributed by atoms with Crippen LogP contribution >= 0.6 is 11.3 Å². The molecule has 0 unspecified atom stereocenters. The van der Waals surface area contributed by atoms with Crippen LogP contribution in [-0.2, 0) is 13.1 Å². The van der Waals surface area contributed by atoms with Gasteiger partial charge in [0.05, 0.1) is 17.9 Å². The van der Waals surface area contributed by atoms with Gasteiger partial charge in [-0.25, -0.2) is 14.2 Å². The number of hydrogen-bond acceptors (Lipinski definition) is 5. The predicted octanol–water partition coefficient (Wildman–Crippen LogP) is 3.36. The number of benzene rings is 1. The second-order valence-electron chi connectivity index (χ2n) is 6.90. The molecule has 30 heavy (non-hydrogen) atoms. The van der Waals surface area contributed by atoms with Crippen molar-refractivity contribution >= 4 is 28.4 Å². The van der Waals surface area contributed by atoms with Crippen LogP contribution in [0.3, 0.4) is 0 Å². The summed E-state index contributed by atoms with van der Waals surface area (Å²) in [5.74, 6) is -0.571. The summed E-state index contributed by atoms with van der Waals surface area (Å²) in [4.78, 5) is 37.7. The molecule has 1 N–H and O–H groups in total. The summed E-state index contributed by atoms with van der Waals surface area (Å²) in [6.07, 6.45) is 1.67. The van der Waals surface area contributed by atoms with Gasteiger partial charge in [0.1, 0.15) is 10.7 Å². The molecule has 1 fully saturated rings. The Morgan fingerprint density at radius 3 is 2.87 bits per heavy atom. The van der Waals surface area contributed by atoms with Crippen molar-refractivity contribution in [2.24, 2.45) is 0 Å². The van der Waals surface area contributed by atoms with E-state index in [2.05, 4.69) is 15.3 Å². The van der Waals surface area contributed by atoms with Crippen LogP contribution in [0.25, 0.3) is 0 Å². The molecule has 9 heteroatoms. The van der Waals surface area contributed by atoms with Crippen LogP contribution in [0.1, 0.15) is 26.6 Å². The number of anilines is 1. The van der Waals surface area contributed by atoms with Crippen molar-refractivity contribution in [3.05, 3.63) is 76.3 Å². The van der Waals surface area contributed by atoms with E-state index in [9.17, 15) is 14.0 Å². The minimum Gasteiger partial charge on any atom is -0.346 e. The molecule has 0 saturated carbocycles. The van der Waals surface area contributed by atoms with E-state index < -0.39 is 0 Å². The normalized spacial score (nSPS) is 13.7. The van der Waals surface area contributed by atoms with Crippen LogP contribution in [0.4, 0.5) is 14.3 Å². The van der Waals surface area contributed by atoms with Gasteiger partial charge in [0.25, 0.3) is 5.91 Å². The number of carbonyl (C=O) groups excluding carboxylic acids is 2. The summed E-state index contributed by atoms with van der Waals surface area (Å²) < 4.78 is 13.4. The molecular weight excluding hydrogens is 405 g/mol. The molecular formula is C21H20FN5O2S. The van der Waals surface area contributed by atoms with Gasteiger partial charge >= 0.3 is 6.03 Å². The number of aromatic nitrogens is 2. The Morgan fingerprint density at radius 1 is 1.23 bits per heavy atom. The third kappa shape index (κ3) is 4.30. The quantitative estimate of drug-likeness (QED) is 0.657. The smallest absolute Gasteiger partial charge is 0.326 e. The zero-order valence-electron chi connectivity index (χ0n) is 16.3. The summed E-state index contributed by atoms with van der Waals surface area (Å²) >= 11 is 1.19. The maximum atomic E-state index is 13.4. The topological polar surface area (TPSA) is 78.4 Å². The number of thiazole rings is 1. The van der Waals surface area contributed by atoms with Gasteiger partial charge in [-0.1, -0.05) is 29.5 Å². The lowest BCUT2D eigenvalue weighted by Crippen LogP contribution is -2.31. The fraction of sp³-hybridized carbons (Fsp3) is 0.238. The lowest BCUT2D eigenvalue weighted by Gasteiger charge is -2.17. The number of nitrogens with zero attached hydrogens (tertiary/aromatic N) is 4. The van der Waals surface area contributed by atoms with Crippen molar-refractivity contribution in [2.45, 2.75) is 20.0 Å². The number of hydrogen-bond donors (Lipinski definition) is 1. The van der Waals surface area contributed by atoms with Crippen molar-refractivity contribution in [1.29, 1.82) is 0 Å². The van der Waals surface area contributed by atoms with Crippen molar-refractivity contribution in [2.75, 3.05) is 18.0 Å². The first-order chi connectivity index (χ1) is 14.5. The van der Waals surface area contributed by atoms with E-state index in [1.165, 1.54) is 23.5 Å². The van der Waals surface area contributed by atoms with E-state index in [-0.39, 0.29) is 17.8 Å². The zero-order chi connectivity index (χ0) is 21.1. The fourth-order valence-corrected chi connectivity index (χ4v) is 4.23. The second kappa shape index (κ2) is 8.58. The fourth-order valence-electron chi connectivity index (χ4n) is 3.22. The number of rotatable bonds is 6. The van der Waals surface area contributed by atoms with E-state index >= 15 is 0 Å². The Labute approximate surface area is 177 Å². The van der Waals surface area contributed by atoms with Gasteiger partial charge in [-0.2, -0.15) is 0 Å². The average Bonchev–Trinajstić information content (AvgIpc) is 3.30. The van der Waals surface area contributed by atoms with Gasteiger partial charge in [-0.3, -0.25) is 14.7 Å². The van der Waals surface area contributed by atoms with E-state index in [0.717, 1.165) is 11.3 Å². The number of urea groups is 1. The van der Waals surface area contributed by atoms with Gasteiger partial charge < -0.3 is 10.2 Å². The maximum absolute atomic E-state index is 13.4. The summed E-state index contributed by atoms with van der Waals surface area (Å²) in [6.45, 7) is 3.37. The highest BCUT2D eigenvalue weighted by atomic mass is 32.1. The molecule has 0 bridgehead atoms. The van der Waals surface area contributed by atoms with Crippen LogP contribution < -0.4 is 10.2 Å². The predicted molar refractivity (Wildman–Crippen MR) is 112 cm³/mol. The summed E-state index contributed by atoms with van der Waals surface area (Å²) in [5.41, 5.74) is 2.07. The average molecular weight is 425 g/mol. The standard InChI is InChI=1S/C21H20FN5O2S/c1-14-18(19(28)24-12-17-7-2-3-8-23-17)30-20(25-14)27-10-9-26(21(27)29)13-15-5-4-6-16(22)11-15/h2-8,11H,9-10,12-13H2,1H3,(H,24,28). The molecule has 154 valence electrons. The molecule has 0 atom stereocenters. The van der Waals surface area contributed by atoms with Crippen molar-refractivity contribution in [3.8, 4) is 0 Å². The minimum atomic E-state index is -0.326. The van der Waals surface area contributed by atoms with Crippen molar-refractivity contribution in [3.63, 3.8) is 0 Å². The number of carbonyl (C=O) groups is 2. The Kier molecular flexibility index (Phi) is 5.71. The molecule has 1 aliphatic rings. The van der Waals surface area contributed by atoms with Gasteiger partial charge in [0.15, 0.2) is 5.13 Å². The van der Waals surface area contributed by atoms with E-state index in [1.54, 1.807) is 35.1 Å². The number of halogens is 1. The van der Waals surface area contributed by atoms with Gasteiger partial charge in [0.2, 0.25) is 0 Å². The van der Waals surface area contributed by atoms with Crippen LogP contribution in [0.5, 0.6) is 0 Å². The number of nitrogens with one attached hydrogen (secondary N) is 1. The lowest BCUT2D eigenvalue weighted by molar-refractivity contribution is 0.0953. The zero-order valence-corrected chi connectivity index (χ0v) is 17.2. The molecule has 3 amide bonds. The highest BCUT2D eigenvalue weighted by molar-refractivity contribution is 7.17. The van der Waals surface area contributed by atoms with Crippen LogP contribution in [0, 0.1) is 12.7 Å². The molecule has 7 nitrogen and oxygen atoms in total. The molecule has 0 aliphatic carbocycles. The first-order valence-corrected chi connectivity index (χ1v) is 10.3. The van der Waals surface area contributed by atoms with Crippen molar-refractivity contribution in [1.82, 2.24) is 20.2 Å². The molecule has 1 saturated heterocycles. The third-order valence-electron chi connectivity index (χ3n) is 4.74. The highest BCUT2D eigenvalue weighted by Gasteiger charge is 2.32. The van der Waals surface area contributed by atoms with Gasteiger partial charge in [-0.15, -0.1) is 0 Å².